The van der Waals surface area contributed by atoms with Gasteiger partial charge in [-0.15, -0.1) is 0 Å². The zero-order chi connectivity index (χ0) is 16.9. The maximum absolute atomic E-state index is 12.3. The summed E-state index contributed by atoms with van der Waals surface area (Å²) in [5, 5.41) is 2.85. The van der Waals surface area contributed by atoms with Crippen molar-refractivity contribution >= 4 is 17.4 Å². The number of hydrogen-bond donors (Lipinski definition) is 1. The fourth-order valence-corrected chi connectivity index (χ4v) is 2.81. The van der Waals surface area contributed by atoms with E-state index in [-0.39, 0.29) is 5.91 Å². The molecule has 2 aromatic rings. The van der Waals surface area contributed by atoms with Crippen LogP contribution in [0.25, 0.3) is 0 Å². The first-order chi connectivity index (χ1) is 11.7. The Kier molecular flexibility index (Phi) is 5.05. The molecule has 0 aliphatic carbocycles. The van der Waals surface area contributed by atoms with Gasteiger partial charge in [0.1, 0.15) is 11.5 Å². The van der Waals surface area contributed by atoms with Gasteiger partial charge in [-0.05, 0) is 31.2 Å². The molecule has 2 heterocycles. The zero-order valence-electron chi connectivity index (χ0n) is 14.2. The number of hydrogen-bond acceptors (Lipinski definition) is 5. The molecule has 1 aliphatic rings. The number of rotatable bonds is 4. The highest BCUT2D eigenvalue weighted by molar-refractivity contribution is 6.02. The monoisotopic (exact) mass is 325 g/mol. The van der Waals surface area contributed by atoms with E-state index in [1.165, 1.54) is 0 Å². The molecule has 0 atom stereocenters. The van der Waals surface area contributed by atoms with E-state index >= 15 is 0 Å². The summed E-state index contributed by atoms with van der Waals surface area (Å²) in [4.78, 5) is 25.6. The van der Waals surface area contributed by atoms with Crippen molar-refractivity contribution in [1.82, 2.24) is 14.9 Å². The third kappa shape index (κ3) is 3.89. The Bertz CT molecular complexity index is 693. The van der Waals surface area contributed by atoms with Gasteiger partial charge in [0, 0.05) is 31.9 Å². The van der Waals surface area contributed by atoms with E-state index in [0.717, 1.165) is 49.8 Å². The van der Waals surface area contributed by atoms with E-state index in [4.69, 9.17) is 0 Å². The summed E-state index contributed by atoms with van der Waals surface area (Å²) in [6.45, 7) is 9.20. The summed E-state index contributed by atoms with van der Waals surface area (Å²) >= 11 is 0. The highest BCUT2D eigenvalue weighted by Gasteiger charge is 2.17. The first kappa shape index (κ1) is 16.4. The maximum atomic E-state index is 12.3. The number of carbonyl (C=O) groups is 1. The molecule has 24 heavy (non-hydrogen) atoms. The Morgan fingerprint density at radius 3 is 2.58 bits per heavy atom. The second-order valence-electron chi connectivity index (χ2n) is 6.00. The number of likely N-dealkylation sites (N-methyl/N-ethyl adjacent to an activating group) is 1. The van der Waals surface area contributed by atoms with Crippen molar-refractivity contribution in [3.63, 3.8) is 0 Å². The second-order valence-corrected chi connectivity index (χ2v) is 6.00. The van der Waals surface area contributed by atoms with Crippen molar-refractivity contribution in [3.05, 3.63) is 47.9 Å². The topological polar surface area (TPSA) is 61.4 Å². The van der Waals surface area contributed by atoms with Crippen molar-refractivity contribution < 1.29 is 4.79 Å². The third-order valence-corrected chi connectivity index (χ3v) is 4.29. The molecule has 1 amide bonds. The molecular weight excluding hydrogens is 302 g/mol. The van der Waals surface area contributed by atoms with Crippen molar-refractivity contribution in [2.24, 2.45) is 0 Å². The summed E-state index contributed by atoms with van der Waals surface area (Å²) in [7, 11) is 0. The molecule has 0 saturated carbocycles. The summed E-state index contributed by atoms with van der Waals surface area (Å²) in [6.07, 6.45) is 3.24. The quantitative estimate of drug-likeness (QED) is 0.933. The Balaban J connectivity index is 1.63. The lowest BCUT2D eigenvalue weighted by Gasteiger charge is -2.34. The molecule has 1 aromatic heterocycles. The van der Waals surface area contributed by atoms with Crippen LogP contribution in [0.4, 0.5) is 11.5 Å². The minimum Gasteiger partial charge on any atom is -0.353 e. The van der Waals surface area contributed by atoms with Crippen LogP contribution in [0.1, 0.15) is 23.0 Å². The molecule has 1 aromatic carbocycles. The van der Waals surface area contributed by atoms with Crippen LogP contribution >= 0.6 is 0 Å². The number of nitrogens with one attached hydrogen (secondary N) is 1. The Morgan fingerprint density at radius 2 is 1.96 bits per heavy atom. The van der Waals surface area contributed by atoms with E-state index in [1.54, 1.807) is 12.4 Å². The van der Waals surface area contributed by atoms with Crippen molar-refractivity contribution in [3.8, 4) is 0 Å². The fraction of sp³-hybridized carbons (Fsp3) is 0.389. The number of nitrogens with zero attached hydrogens (tertiary/aromatic N) is 4. The number of aryl methyl sites for hydroxylation is 1. The first-order valence-corrected chi connectivity index (χ1v) is 8.33. The van der Waals surface area contributed by atoms with E-state index in [2.05, 4.69) is 32.0 Å². The van der Waals surface area contributed by atoms with Gasteiger partial charge in [0.2, 0.25) is 0 Å². The Labute approximate surface area is 142 Å². The van der Waals surface area contributed by atoms with Gasteiger partial charge in [-0.25, -0.2) is 9.97 Å². The Morgan fingerprint density at radius 1 is 1.17 bits per heavy atom. The number of anilines is 2. The lowest BCUT2D eigenvalue weighted by atomic mass is 10.2. The SMILES string of the molecule is CCN1CCN(c2cnc(C(=O)Nc3cccc(C)c3)cn2)CC1. The first-order valence-electron chi connectivity index (χ1n) is 8.33. The molecule has 0 unspecified atom stereocenters. The molecule has 0 radical (unpaired) electrons. The summed E-state index contributed by atoms with van der Waals surface area (Å²) in [5.74, 6) is 0.591. The predicted octanol–water partition coefficient (Wildman–Crippen LogP) is 2.18. The molecule has 1 fully saturated rings. The van der Waals surface area contributed by atoms with Crippen molar-refractivity contribution in [2.75, 3.05) is 42.9 Å². The number of benzene rings is 1. The summed E-state index contributed by atoms with van der Waals surface area (Å²) in [6, 6.07) is 7.69. The minimum absolute atomic E-state index is 0.240. The molecule has 1 N–H and O–H groups in total. The van der Waals surface area contributed by atoms with Gasteiger partial charge < -0.3 is 15.1 Å². The van der Waals surface area contributed by atoms with Gasteiger partial charge in [0.15, 0.2) is 0 Å². The summed E-state index contributed by atoms with van der Waals surface area (Å²) < 4.78 is 0. The van der Waals surface area contributed by atoms with Gasteiger partial charge in [0.25, 0.3) is 5.91 Å². The molecular formula is C18H23N5O. The van der Waals surface area contributed by atoms with Crippen LogP contribution in [0.15, 0.2) is 36.7 Å². The lowest BCUT2D eigenvalue weighted by molar-refractivity contribution is 0.102. The molecule has 0 spiro atoms. The standard InChI is InChI=1S/C18H23N5O/c1-3-22-7-9-23(10-8-22)17-13-19-16(12-20-17)18(24)21-15-6-4-5-14(2)11-15/h4-6,11-13H,3,7-10H2,1-2H3,(H,21,24). The highest BCUT2D eigenvalue weighted by atomic mass is 16.1. The zero-order valence-corrected chi connectivity index (χ0v) is 14.2. The summed E-state index contributed by atoms with van der Waals surface area (Å²) in [5.41, 5.74) is 2.19. The van der Waals surface area contributed by atoms with Crippen molar-refractivity contribution in [2.45, 2.75) is 13.8 Å². The molecule has 6 heteroatoms. The largest absolute Gasteiger partial charge is 0.353 e. The molecule has 3 rings (SSSR count). The minimum atomic E-state index is -0.240. The van der Waals surface area contributed by atoms with E-state index in [9.17, 15) is 4.79 Å². The van der Waals surface area contributed by atoms with E-state index in [0.29, 0.717) is 5.69 Å². The van der Waals surface area contributed by atoms with Crippen molar-refractivity contribution in [1.29, 1.82) is 0 Å². The van der Waals surface area contributed by atoms with Crippen LogP contribution in [0, 0.1) is 6.92 Å². The van der Waals surface area contributed by atoms with Gasteiger partial charge in [-0.3, -0.25) is 4.79 Å². The average Bonchev–Trinajstić information content (AvgIpc) is 2.62. The van der Waals surface area contributed by atoms with Crippen LogP contribution in [0.5, 0.6) is 0 Å². The number of piperazine rings is 1. The molecule has 6 nitrogen and oxygen atoms in total. The number of carbonyl (C=O) groups excluding carboxylic acids is 1. The lowest BCUT2D eigenvalue weighted by Crippen LogP contribution is -2.46. The molecule has 126 valence electrons. The highest BCUT2D eigenvalue weighted by Crippen LogP contribution is 2.14. The fourth-order valence-electron chi connectivity index (χ4n) is 2.81. The molecule has 1 saturated heterocycles. The van der Waals surface area contributed by atoms with Gasteiger partial charge >= 0.3 is 0 Å². The maximum Gasteiger partial charge on any atom is 0.275 e. The molecule has 1 aliphatic heterocycles. The van der Waals surface area contributed by atoms with Crippen LogP contribution < -0.4 is 10.2 Å². The van der Waals surface area contributed by atoms with Gasteiger partial charge in [0.05, 0.1) is 12.4 Å². The smallest absolute Gasteiger partial charge is 0.275 e. The van der Waals surface area contributed by atoms with E-state index in [1.807, 2.05) is 31.2 Å². The van der Waals surface area contributed by atoms with Crippen LogP contribution in [-0.2, 0) is 0 Å². The van der Waals surface area contributed by atoms with Crippen LogP contribution in [0.2, 0.25) is 0 Å². The van der Waals surface area contributed by atoms with E-state index < -0.39 is 0 Å². The average molecular weight is 325 g/mol. The predicted molar refractivity (Wildman–Crippen MR) is 95.5 cm³/mol. The molecule has 0 bridgehead atoms. The van der Waals surface area contributed by atoms with Crippen LogP contribution in [-0.4, -0.2) is 53.5 Å². The number of amides is 1. The van der Waals surface area contributed by atoms with Gasteiger partial charge in [-0.2, -0.15) is 0 Å². The van der Waals surface area contributed by atoms with Crippen LogP contribution in [0.3, 0.4) is 0 Å². The third-order valence-electron chi connectivity index (χ3n) is 4.29. The number of aromatic nitrogens is 2. The normalized spacial score (nSPS) is 15.3. The Hall–Kier alpha value is -2.47. The van der Waals surface area contributed by atoms with Gasteiger partial charge in [-0.1, -0.05) is 19.1 Å². The second kappa shape index (κ2) is 7.40.